The van der Waals surface area contributed by atoms with Crippen LogP contribution < -0.4 is 0 Å². The third kappa shape index (κ3) is 2.39. The molecule has 2 aromatic rings. The molecule has 1 amide bonds. The number of carbonyl (C=O) groups excluding carboxylic acids is 1. The molecule has 3 rings (SSSR count). The van der Waals surface area contributed by atoms with E-state index in [0.717, 1.165) is 5.56 Å². The van der Waals surface area contributed by atoms with Crippen LogP contribution in [0.5, 0.6) is 0 Å². The monoisotopic (exact) mass is 293 g/mol. The molecule has 2 aromatic heterocycles. The number of carbonyl (C=O) groups is 2. The number of aliphatic carboxylic acids is 1. The third-order valence-electron chi connectivity index (χ3n) is 3.09. The van der Waals surface area contributed by atoms with Crippen molar-refractivity contribution in [1.29, 1.82) is 0 Å². The molecular formula is C11H11N5O3S. The summed E-state index contributed by atoms with van der Waals surface area (Å²) in [7, 11) is 0. The molecule has 0 atom stereocenters. The van der Waals surface area contributed by atoms with Gasteiger partial charge in [-0.2, -0.15) is 16.1 Å². The van der Waals surface area contributed by atoms with Crippen LogP contribution >= 0.6 is 11.3 Å². The summed E-state index contributed by atoms with van der Waals surface area (Å²) in [5.74, 6) is -1.04. The zero-order chi connectivity index (χ0) is 14.1. The highest BCUT2D eigenvalue weighted by Crippen LogP contribution is 2.18. The van der Waals surface area contributed by atoms with E-state index in [2.05, 4.69) is 15.4 Å². The van der Waals surface area contributed by atoms with Crippen LogP contribution in [0, 0.1) is 5.92 Å². The average molecular weight is 293 g/mol. The van der Waals surface area contributed by atoms with Crippen LogP contribution in [0.1, 0.15) is 0 Å². The van der Waals surface area contributed by atoms with E-state index in [-0.39, 0.29) is 25.5 Å². The first-order valence-corrected chi connectivity index (χ1v) is 6.88. The van der Waals surface area contributed by atoms with Gasteiger partial charge in [0.2, 0.25) is 11.7 Å². The second kappa shape index (κ2) is 5.00. The van der Waals surface area contributed by atoms with Gasteiger partial charge in [-0.05, 0) is 16.7 Å². The van der Waals surface area contributed by atoms with Crippen LogP contribution in [0.25, 0.3) is 11.4 Å². The van der Waals surface area contributed by atoms with Gasteiger partial charge in [-0.3, -0.25) is 9.59 Å². The van der Waals surface area contributed by atoms with Crippen LogP contribution in [0.4, 0.5) is 0 Å². The minimum atomic E-state index is -0.868. The second-order valence-electron chi connectivity index (χ2n) is 4.49. The first-order chi connectivity index (χ1) is 9.63. The quantitative estimate of drug-likeness (QED) is 0.847. The van der Waals surface area contributed by atoms with Crippen molar-refractivity contribution >= 4 is 23.2 Å². The fourth-order valence-electron chi connectivity index (χ4n) is 1.88. The minimum Gasteiger partial charge on any atom is -0.481 e. The predicted molar refractivity (Wildman–Crippen MR) is 68.8 cm³/mol. The molecule has 0 unspecified atom stereocenters. The lowest BCUT2D eigenvalue weighted by atomic mass is 10.0. The van der Waals surface area contributed by atoms with Gasteiger partial charge in [0.1, 0.15) is 6.54 Å². The summed E-state index contributed by atoms with van der Waals surface area (Å²) in [6.07, 6.45) is 0. The Labute approximate surface area is 117 Å². The molecule has 20 heavy (non-hydrogen) atoms. The van der Waals surface area contributed by atoms with Crippen molar-refractivity contribution in [3.05, 3.63) is 16.8 Å². The van der Waals surface area contributed by atoms with E-state index in [1.807, 2.05) is 16.8 Å². The molecule has 0 bridgehead atoms. The van der Waals surface area contributed by atoms with Crippen molar-refractivity contribution in [1.82, 2.24) is 25.1 Å². The molecule has 0 aromatic carbocycles. The van der Waals surface area contributed by atoms with Crippen molar-refractivity contribution in [3.8, 4) is 11.4 Å². The molecule has 1 aliphatic rings. The van der Waals surface area contributed by atoms with Gasteiger partial charge in [0.05, 0.1) is 5.92 Å². The molecule has 0 spiro atoms. The van der Waals surface area contributed by atoms with Gasteiger partial charge in [-0.15, -0.1) is 10.2 Å². The summed E-state index contributed by atoms with van der Waals surface area (Å²) in [5.41, 5.74) is 0.864. The molecule has 9 heteroatoms. The molecule has 1 fully saturated rings. The van der Waals surface area contributed by atoms with Crippen molar-refractivity contribution in [3.63, 3.8) is 0 Å². The number of hydrogen-bond donors (Lipinski definition) is 1. The average Bonchev–Trinajstić information content (AvgIpc) is 2.95. The number of thiophene rings is 1. The Balaban J connectivity index is 1.59. The third-order valence-corrected chi connectivity index (χ3v) is 3.78. The first-order valence-electron chi connectivity index (χ1n) is 5.94. The van der Waals surface area contributed by atoms with E-state index in [1.165, 1.54) is 21.0 Å². The highest BCUT2D eigenvalue weighted by Gasteiger charge is 2.35. The van der Waals surface area contributed by atoms with Gasteiger partial charge >= 0.3 is 5.97 Å². The molecule has 0 aliphatic carbocycles. The number of rotatable bonds is 4. The Hall–Kier alpha value is -2.29. The number of hydrogen-bond acceptors (Lipinski definition) is 6. The van der Waals surface area contributed by atoms with E-state index in [9.17, 15) is 9.59 Å². The minimum absolute atomic E-state index is 0.0243. The summed E-state index contributed by atoms with van der Waals surface area (Å²) in [4.78, 5) is 25.2. The fourth-order valence-corrected chi connectivity index (χ4v) is 2.51. The van der Waals surface area contributed by atoms with E-state index in [4.69, 9.17) is 5.11 Å². The van der Waals surface area contributed by atoms with Gasteiger partial charge in [0.15, 0.2) is 0 Å². The van der Waals surface area contributed by atoms with Gasteiger partial charge in [-0.1, -0.05) is 0 Å². The Kier molecular flexibility index (Phi) is 3.18. The molecule has 3 heterocycles. The molecule has 104 valence electrons. The predicted octanol–water partition coefficient (Wildman–Crippen LogP) is -0.0554. The largest absolute Gasteiger partial charge is 0.481 e. The summed E-state index contributed by atoms with van der Waals surface area (Å²) in [5, 5.41) is 24.4. The van der Waals surface area contributed by atoms with Crippen LogP contribution in [0.15, 0.2) is 16.8 Å². The second-order valence-corrected chi connectivity index (χ2v) is 5.27. The fraction of sp³-hybridized carbons (Fsp3) is 0.364. The maximum Gasteiger partial charge on any atom is 0.310 e. The lowest BCUT2D eigenvalue weighted by Gasteiger charge is -2.36. The molecule has 0 radical (unpaired) electrons. The Morgan fingerprint density at radius 1 is 1.45 bits per heavy atom. The highest BCUT2D eigenvalue weighted by molar-refractivity contribution is 7.08. The highest BCUT2D eigenvalue weighted by atomic mass is 32.1. The Morgan fingerprint density at radius 2 is 2.25 bits per heavy atom. The first kappa shape index (κ1) is 12.7. The lowest BCUT2D eigenvalue weighted by molar-refractivity contribution is -0.153. The molecule has 1 saturated heterocycles. The number of aromatic nitrogens is 4. The number of carboxylic acids is 1. The van der Waals surface area contributed by atoms with E-state index in [0.29, 0.717) is 5.82 Å². The number of tetrazole rings is 1. The van der Waals surface area contributed by atoms with Crippen LogP contribution in [-0.4, -0.2) is 55.2 Å². The number of nitrogens with zero attached hydrogens (tertiary/aromatic N) is 5. The molecule has 1 N–H and O–H groups in total. The van der Waals surface area contributed by atoms with Crippen LogP contribution in [-0.2, 0) is 16.1 Å². The zero-order valence-corrected chi connectivity index (χ0v) is 11.2. The lowest BCUT2D eigenvalue weighted by Crippen LogP contribution is -2.54. The summed E-state index contributed by atoms with van der Waals surface area (Å²) in [6, 6.07) is 1.88. The summed E-state index contributed by atoms with van der Waals surface area (Å²) < 4.78 is 0. The maximum atomic E-state index is 11.9. The van der Waals surface area contributed by atoms with E-state index >= 15 is 0 Å². The van der Waals surface area contributed by atoms with Crippen molar-refractivity contribution in [2.24, 2.45) is 5.92 Å². The van der Waals surface area contributed by atoms with E-state index < -0.39 is 11.9 Å². The number of amides is 1. The number of likely N-dealkylation sites (tertiary alicyclic amines) is 1. The van der Waals surface area contributed by atoms with Crippen molar-refractivity contribution in [2.75, 3.05) is 13.1 Å². The molecule has 1 aliphatic heterocycles. The van der Waals surface area contributed by atoms with Gasteiger partial charge < -0.3 is 10.0 Å². The van der Waals surface area contributed by atoms with Crippen LogP contribution in [0.2, 0.25) is 0 Å². The molecular weight excluding hydrogens is 282 g/mol. The number of carboxylic acid groups (broad SMARTS) is 1. The Bertz CT molecular complexity index is 632. The summed E-state index contributed by atoms with van der Waals surface area (Å²) >= 11 is 1.53. The normalized spacial score (nSPS) is 15.1. The van der Waals surface area contributed by atoms with Crippen molar-refractivity contribution in [2.45, 2.75) is 6.54 Å². The maximum absolute atomic E-state index is 11.9. The van der Waals surface area contributed by atoms with Gasteiger partial charge in [0.25, 0.3) is 0 Å². The van der Waals surface area contributed by atoms with E-state index in [1.54, 1.807) is 0 Å². The zero-order valence-electron chi connectivity index (χ0n) is 10.3. The SMILES string of the molecule is O=C(O)C1CN(C(=O)Cn2nnc(-c3ccsc3)n2)C1. The Morgan fingerprint density at radius 3 is 2.90 bits per heavy atom. The van der Waals surface area contributed by atoms with Gasteiger partial charge in [-0.25, -0.2) is 0 Å². The summed E-state index contributed by atoms with van der Waals surface area (Å²) in [6.45, 7) is 0.476. The smallest absolute Gasteiger partial charge is 0.310 e. The van der Waals surface area contributed by atoms with Crippen molar-refractivity contribution < 1.29 is 14.7 Å². The molecule has 8 nitrogen and oxygen atoms in total. The molecule has 0 saturated carbocycles. The van der Waals surface area contributed by atoms with Gasteiger partial charge in [0, 0.05) is 24.0 Å². The topological polar surface area (TPSA) is 101 Å². The standard InChI is InChI=1S/C11H11N5O3S/c17-9(15-3-8(4-15)11(18)19)5-16-13-10(12-14-16)7-1-2-20-6-7/h1-2,6,8H,3-5H2,(H,18,19). The van der Waals surface area contributed by atoms with Crippen LogP contribution in [0.3, 0.4) is 0 Å².